The highest BCUT2D eigenvalue weighted by Gasteiger charge is 2.41. The van der Waals surface area contributed by atoms with Gasteiger partial charge in [0.2, 0.25) is 0 Å². The molecule has 0 heterocycles. The second kappa shape index (κ2) is 9.95. The van der Waals surface area contributed by atoms with Crippen LogP contribution in [-0.4, -0.2) is 20.8 Å². The van der Waals surface area contributed by atoms with Crippen molar-refractivity contribution in [3.63, 3.8) is 0 Å². The molecule has 0 bridgehead atoms. The summed E-state index contributed by atoms with van der Waals surface area (Å²) in [5, 5.41) is 0. The smallest absolute Gasteiger partial charge is 0.338 e. The molecule has 0 aliphatic rings. The lowest BCUT2D eigenvalue weighted by atomic mass is 9.92. The Morgan fingerprint density at radius 1 is 0.842 bits per heavy atom. The molecule has 0 aromatic heterocycles. The summed E-state index contributed by atoms with van der Waals surface area (Å²) >= 11 is 0. The van der Waals surface area contributed by atoms with Gasteiger partial charge in [0, 0.05) is 6.61 Å². The van der Waals surface area contributed by atoms with E-state index in [-0.39, 0.29) is 5.60 Å². The highest BCUT2D eigenvalue weighted by molar-refractivity contribution is 6.67. The van der Waals surface area contributed by atoms with E-state index in [9.17, 15) is 0 Å². The Morgan fingerprint density at radius 3 is 1.79 bits per heavy atom. The molecule has 0 saturated heterocycles. The van der Waals surface area contributed by atoms with E-state index in [1.165, 1.54) is 12.8 Å². The molecule has 0 amide bonds. The maximum Gasteiger partial charge on any atom is 0.338 e. The maximum atomic E-state index is 6.73. The van der Waals surface area contributed by atoms with E-state index in [0.717, 1.165) is 44.4 Å². The molecular formula is C16H36O2Si. The van der Waals surface area contributed by atoms with Gasteiger partial charge < -0.3 is 8.85 Å². The van der Waals surface area contributed by atoms with E-state index in [1.807, 2.05) is 0 Å². The van der Waals surface area contributed by atoms with Crippen LogP contribution in [0.4, 0.5) is 0 Å². The van der Waals surface area contributed by atoms with E-state index in [1.54, 1.807) is 0 Å². The third kappa shape index (κ3) is 5.97. The van der Waals surface area contributed by atoms with Gasteiger partial charge in [0.15, 0.2) is 0 Å². The van der Waals surface area contributed by atoms with Crippen molar-refractivity contribution in [2.45, 2.75) is 97.8 Å². The lowest BCUT2D eigenvalue weighted by molar-refractivity contribution is 0.00439. The molecule has 0 aliphatic carbocycles. The van der Waals surface area contributed by atoms with Gasteiger partial charge in [0.1, 0.15) is 0 Å². The first-order chi connectivity index (χ1) is 9.07. The van der Waals surface area contributed by atoms with Gasteiger partial charge in [-0.3, -0.25) is 0 Å². The molecule has 0 N–H and O–H groups in total. The fourth-order valence-corrected chi connectivity index (χ4v) is 5.63. The second-order valence-electron chi connectivity index (χ2n) is 5.56. The number of rotatable bonds is 12. The van der Waals surface area contributed by atoms with E-state index in [0.29, 0.717) is 0 Å². The minimum Gasteiger partial charge on any atom is -0.394 e. The van der Waals surface area contributed by atoms with Gasteiger partial charge in [0.05, 0.1) is 5.60 Å². The lowest BCUT2D eigenvalue weighted by Gasteiger charge is -2.41. The summed E-state index contributed by atoms with van der Waals surface area (Å²) < 4.78 is 13.0. The molecule has 19 heavy (non-hydrogen) atoms. The molecule has 0 aromatic rings. The average Bonchev–Trinajstić information content (AvgIpc) is 2.45. The van der Waals surface area contributed by atoms with Gasteiger partial charge in [-0.05, 0) is 37.8 Å². The molecule has 3 heteroatoms. The minimum atomic E-state index is -2.00. The number of hydrogen-bond donors (Lipinski definition) is 0. The van der Waals surface area contributed by atoms with Crippen molar-refractivity contribution in [2.75, 3.05) is 6.61 Å². The van der Waals surface area contributed by atoms with E-state index in [2.05, 4.69) is 41.5 Å². The molecule has 0 aromatic carbocycles. The van der Waals surface area contributed by atoms with Crippen LogP contribution in [0.25, 0.3) is 0 Å². The van der Waals surface area contributed by atoms with Crippen LogP contribution in [0, 0.1) is 0 Å². The molecule has 0 radical (unpaired) electrons. The molecule has 0 unspecified atom stereocenters. The highest BCUT2D eigenvalue weighted by Crippen LogP contribution is 2.33. The van der Waals surface area contributed by atoms with Crippen molar-refractivity contribution >= 4 is 8.56 Å². The molecule has 116 valence electrons. The Bertz CT molecular complexity index is 211. The van der Waals surface area contributed by atoms with Gasteiger partial charge in [-0.15, -0.1) is 0 Å². The summed E-state index contributed by atoms with van der Waals surface area (Å²) in [7, 11) is -2.00. The van der Waals surface area contributed by atoms with Crippen LogP contribution in [0.15, 0.2) is 0 Å². The summed E-state index contributed by atoms with van der Waals surface area (Å²) in [5.74, 6) is 0. The van der Waals surface area contributed by atoms with Crippen LogP contribution in [0.1, 0.15) is 80.1 Å². The van der Waals surface area contributed by atoms with Crippen LogP contribution < -0.4 is 0 Å². The summed E-state index contributed by atoms with van der Waals surface area (Å²) in [5.41, 5.74) is 0.0548. The summed E-state index contributed by atoms with van der Waals surface area (Å²) in [6.45, 7) is 14.3. The zero-order chi connectivity index (χ0) is 14.8. The summed E-state index contributed by atoms with van der Waals surface area (Å²) in [6.07, 6.45) is 6.89. The summed E-state index contributed by atoms with van der Waals surface area (Å²) in [4.78, 5) is 0. The fraction of sp³-hybridized carbons (Fsp3) is 1.00. The maximum absolute atomic E-state index is 6.73. The SMILES string of the molecule is CCCCO[Si](CC)(CC)OC(CC)(CC)CCC. The van der Waals surface area contributed by atoms with Crippen molar-refractivity contribution in [3.8, 4) is 0 Å². The van der Waals surface area contributed by atoms with E-state index in [4.69, 9.17) is 8.85 Å². The van der Waals surface area contributed by atoms with Crippen molar-refractivity contribution < 1.29 is 8.85 Å². The second-order valence-corrected chi connectivity index (χ2v) is 9.29. The molecule has 0 spiro atoms. The van der Waals surface area contributed by atoms with E-state index >= 15 is 0 Å². The van der Waals surface area contributed by atoms with Gasteiger partial charge in [-0.2, -0.15) is 0 Å². The highest BCUT2D eigenvalue weighted by atomic mass is 28.4. The monoisotopic (exact) mass is 288 g/mol. The zero-order valence-corrected chi connectivity index (χ0v) is 15.2. The van der Waals surface area contributed by atoms with Crippen molar-refractivity contribution in [2.24, 2.45) is 0 Å². The molecule has 0 atom stereocenters. The van der Waals surface area contributed by atoms with Crippen LogP contribution in [0.5, 0.6) is 0 Å². The normalized spacial score (nSPS) is 12.9. The Morgan fingerprint density at radius 2 is 1.42 bits per heavy atom. The van der Waals surface area contributed by atoms with Crippen molar-refractivity contribution in [3.05, 3.63) is 0 Å². The van der Waals surface area contributed by atoms with Crippen LogP contribution in [-0.2, 0) is 8.85 Å². The molecule has 0 aliphatic heterocycles. The summed E-state index contributed by atoms with van der Waals surface area (Å²) in [6, 6.07) is 2.14. The quantitative estimate of drug-likeness (QED) is 0.341. The predicted octanol–water partition coefficient (Wildman–Crippen LogP) is 5.66. The largest absolute Gasteiger partial charge is 0.394 e. The first-order valence-electron chi connectivity index (χ1n) is 8.41. The molecule has 0 saturated carbocycles. The Kier molecular flexibility index (Phi) is 10.0. The third-order valence-electron chi connectivity index (χ3n) is 4.34. The number of unbranched alkanes of at least 4 members (excludes halogenated alkanes) is 1. The Labute approximate surface area is 122 Å². The molecule has 0 fully saturated rings. The van der Waals surface area contributed by atoms with Crippen molar-refractivity contribution in [1.29, 1.82) is 0 Å². The topological polar surface area (TPSA) is 18.5 Å². The number of hydrogen-bond acceptors (Lipinski definition) is 2. The molecule has 2 nitrogen and oxygen atoms in total. The standard InChI is InChI=1S/C16H36O2Si/c1-7-13-15-17-19(11-5,12-6)18-16(9-3,10-4)14-8-2/h7-15H2,1-6H3. The first kappa shape index (κ1) is 19.1. The zero-order valence-electron chi connectivity index (χ0n) is 14.2. The average molecular weight is 289 g/mol. The van der Waals surface area contributed by atoms with Crippen LogP contribution in [0.3, 0.4) is 0 Å². The first-order valence-corrected chi connectivity index (χ1v) is 10.6. The van der Waals surface area contributed by atoms with Crippen molar-refractivity contribution in [1.82, 2.24) is 0 Å². The fourth-order valence-electron chi connectivity index (χ4n) is 2.68. The van der Waals surface area contributed by atoms with Crippen LogP contribution >= 0.6 is 0 Å². The third-order valence-corrected chi connectivity index (χ3v) is 8.03. The van der Waals surface area contributed by atoms with Gasteiger partial charge >= 0.3 is 8.56 Å². The van der Waals surface area contributed by atoms with Gasteiger partial charge in [0.25, 0.3) is 0 Å². The Hall–Kier alpha value is 0.137. The predicted molar refractivity (Wildman–Crippen MR) is 86.9 cm³/mol. The van der Waals surface area contributed by atoms with Crippen LogP contribution in [0.2, 0.25) is 12.1 Å². The lowest BCUT2D eigenvalue weighted by Crippen LogP contribution is -2.49. The van der Waals surface area contributed by atoms with Gasteiger partial charge in [-0.25, -0.2) is 0 Å². The van der Waals surface area contributed by atoms with Gasteiger partial charge in [-0.1, -0.05) is 54.4 Å². The Balaban J connectivity index is 4.84. The minimum absolute atomic E-state index is 0.0548. The van der Waals surface area contributed by atoms with E-state index < -0.39 is 8.56 Å². The molecular weight excluding hydrogens is 252 g/mol. The molecule has 0 rings (SSSR count).